The lowest BCUT2D eigenvalue weighted by molar-refractivity contribution is 0.0864. The number of hydrogen-bond acceptors (Lipinski definition) is 4. The maximum atomic E-state index is 12.3. The topological polar surface area (TPSA) is 121 Å². The first-order valence-electron chi connectivity index (χ1n) is 7.23. The molecule has 0 unspecified atom stereocenters. The van der Waals surface area contributed by atoms with Gasteiger partial charge in [-0.25, -0.2) is 0 Å². The molecule has 1 aromatic heterocycles. The van der Waals surface area contributed by atoms with E-state index < -0.39 is 5.91 Å². The number of para-hydroxylation sites is 3. The minimum absolute atomic E-state index is 0.319. The number of nitrogens with two attached hydrogens (primary N) is 2. The molecule has 7 nitrogen and oxygen atoms in total. The molecule has 0 spiro atoms. The predicted molar refractivity (Wildman–Crippen MR) is 93.2 cm³/mol. The number of nitrogens with one attached hydrogen (secondary N) is 2. The van der Waals surface area contributed by atoms with E-state index in [0.29, 0.717) is 28.4 Å². The molecule has 0 fully saturated rings. The molecule has 1 amide bonds. The average molecular weight is 323 g/mol. The lowest BCUT2D eigenvalue weighted by Gasteiger charge is -2.13. The highest BCUT2D eigenvalue weighted by Crippen LogP contribution is 2.32. The maximum Gasteiger partial charge on any atom is 0.276 e. The van der Waals surface area contributed by atoms with Crippen molar-refractivity contribution in [1.29, 1.82) is 5.41 Å². The smallest absolute Gasteiger partial charge is 0.276 e. The Bertz CT molecular complexity index is 932. The van der Waals surface area contributed by atoms with Crippen LogP contribution in [0.15, 0.2) is 48.5 Å². The third kappa shape index (κ3) is 2.74. The fourth-order valence-corrected chi connectivity index (χ4v) is 2.31. The van der Waals surface area contributed by atoms with Crippen LogP contribution in [0.5, 0.6) is 11.5 Å². The monoisotopic (exact) mass is 323 g/mol. The lowest BCUT2D eigenvalue weighted by Crippen LogP contribution is -2.38. The number of carbonyl (C=O) groups excluding carboxylic acids is 1. The number of anilines is 1. The van der Waals surface area contributed by atoms with Crippen molar-refractivity contribution < 1.29 is 9.53 Å². The number of carbonyl (C=O) groups is 1. The van der Waals surface area contributed by atoms with Crippen molar-refractivity contribution in [3.8, 4) is 11.5 Å². The zero-order valence-electron chi connectivity index (χ0n) is 13.0. The van der Waals surface area contributed by atoms with Crippen molar-refractivity contribution >= 4 is 28.5 Å². The Morgan fingerprint density at radius 3 is 2.58 bits per heavy atom. The summed E-state index contributed by atoms with van der Waals surface area (Å²) < 4.78 is 5.88. The molecule has 24 heavy (non-hydrogen) atoms. The Labute approximate surface area is 138 Å². The molecule has 3 rings (SSSR count). The van der Waals surface area contributed by atoms with E-state index in [4.69, 9.17) is 21.6 Å². The Morgan fingerprint density at radius 1 is 1.17 bits per heavy atom. The van der Waals surface area contributed by atoms with Gasteiger partial charge in [-0.05, 0) is 24.3 Å². The Balaban J connectivity index is 2.00. The number of hydrogen-bond donors (Lipinski definition) is 4. The van der Waals surface area contributed by atoms with E-state index in [9.17, 15) is 4.79 Å². The fraction of sp³-hybridized carbons (Fsp3) is 0.0588. The van der Waals surface area contributed by atoms with Crippen LogP contribution < -0.4 is 16.2 Å². The molecule has 0 saturated heterocycles. The summed E-state index contributed by atoms with van der Waals surface area (Å²) in [5, 5.41) is 8.17. The molecule has 0 radical (unpaired) electrons. The number of ether oxygens (including phenoxy) is 1. The first-order chi connectivity index (χ1) is 11.5. The van der Waals surface area contributed by atoms with Crippen molar-refractivity contribution in [3.63, 3.8) is 0 Å². The van der Waals surface area contributed by atoms with Gasteiger partial charge in [0.05, 0.1) is 11.2 Å². The van der Waals surface area contributed by atoms with Gasteiger partial charge in [0.2, 0.25) is 0 Å². The van der Waals surface area contributed by atoms with E-state index in [1.54, 1.807) is 24.3 Å². The number of aromatic nitrogens is 1. The number of benzene rings is 2. The fourth-order valence-electron chi connectivity index (χ4n) is 2.31. The average Bonchev–Trinajstić information content (AvgIpc) is 3.00. The number of nitrogens with zero attached hydrogens (tertiary/aromatic N) is 1. The quantitative estimate of drug-likeness (QED) is 0.336. The molecule has 0 aliphatic rings. The summed E-state index contributed by atoms with van der Waals surface area (Å²) in [4.78, 5) is 16.4. The number of amides is 1. The lowest BCUT2D eigenvalue weighted by atomic mass is 10.2. The van der Waals surface area contributed by atoms with Crippen LogP contribution in [0, 0.1) is 5.41 Å². The summed E-state index contributed by atoms with van der Waals surface area (Å²) in [5.74, 6) is 0.360. The highest BCUT2D eigenvalue weighted by molar-refractivity contribution is 6.06. The SMILES string of the molecule is CN(C(=N)N)C(=O)c1cc2cccc(Oc3ccccc3N)c2[nH]1. The Hall–Kier alpha value is -3.48. The maximum absolute atomic E-state index is 12.3. The normalized spacial score (nSPS) is 10.5. The van der Waals surface area contributed by atoms with E-state index in [-0.39, 0.29) is 5.96 Å². The van der Waals surface area contributed by atoms with Crippen molar-refractivity contribution in [1.82, 2.24) is 9.88 Å². The van der Waals surface area contributed by atoms with Crippen molar-refractivity contribution in [2.24, 2.45) is 5.73 Å². The summed E-state index contributed by atoms with van der Waals surface area (Å²) in [5.41, 5.74) is 12.8. The minimum Gasteiger partial charge on any atom is -0.453 e. The van der Waals surface area contributed by atoms with Crippen LogP contribution in [0.4, 0.5) is 5.69 Å². The second-order valence-electron chi connectivity index (χ2n) is 5.29. The molecule has 0 aliphatic heterocycles. The van der Waals surface area contributed by atoms with Crippen molar-refractivity contribution in [2.75, 3.05) is 12.8 Å². The molecular weight excluding hydrogens is 306 g/mol. The largest absolute Gasteiger partial charge is 0.453 e. The van der Waals surface area contributed by atoms with Gasteiger partial charge in [0, 0.05) is 12.4 Å². The second kappa shape index (κ2) is 5.96. The first-order valence-corrected chi connectivity index (χ1v) is 7.23. The molecule has 0 aliphatic carbocycles. The van der Waals surface area contributed by atoms with Gasteiger partial charge in [0.15, 0.2) is 11.7 Å². The highest BCUT2D eigenvalue weighted by Gasteiger charge is 2.17. The summed E-state index contributed by atoms with van der Waals surface area (Å²) in [7, 11) is 1.44. The van der Waals surface area contributed by atoms with E-state index >= 15 is 0 Å². The predicted octanol–water partition coefficient (Wildman–Crippen LogP) is 2.51. The third-order valence-corrected chi connectivity index (χ3v) is 3.65. The van der Waals surface area contributed by atoms with Crippen LogP contribution in [0.1, 0.15) is 10.5 Å². The number of nitrogen functional groups attached to an aromatic ring is 1. The van der Waals surface area contributed by atoms with Crippen LogP contribution >= 0.6 is 0 Å². The molecule has 2 aromatic carbocycles. The molecule has 1 heterocycles. The standard InChI is InChI=1S/C17H17N5O2/c1-22(17(19)20)16(23)12-9-10-5-4-8-14(15(10)21-12)24-13-7-3-2-6-11(13)18/h2-9,21H,18H2,1H3,(H3,19,20). The molecule has 0 bridgehead atoms. The van der Waals surface area contributed by atoms with Gasteiger partial charge in [0.1, 0.15) is 11.4 Å². The van der Waals surface area contributed by atoms with Gasteiger partial charge in [-0.15, -0.1) is 0 Å². The molecule has 0 saturated carbocycles. The van der Waals surface area contributed by atoms with Gasteiger partial charge in [-0.2, -0.15) is 0 Å². The number of fused-ring (bicyclic) bond motifs is 1. The number of aromatic amines is 1. The van der Waals surface area contributed by atoms with Crippen LogP contribution in [-0.4, -0.2) is 28.8 Å². The van der Waals surface area contributed by atoms with Gasteiger partial charge in [-0.3, -0.25) is 15.1 Å². The van der Waals surface area contributed by atoms with E-state index in [0.717, 1.165) is 10.3 Å². The summed E-state index contributed by atoms with van der Waals surface area (Å²) in [6.07, 6.45) is 0. The molecule has 3 aromatic rings. The van der Waals surface area contributed by atoms with Crippen molar-refractivity contribution in [3.05, 3.63) is 54.2 Å². The van der Waals surface area contributed by atoms with Crippen LogP contribution in [-0.2, 0) is 0 Å². The molecule has 7 heteroatoms. The summed E-state index contributed by atoms with van der Waals surface area (Å²) in [6, 6.07) is 14.3. The minimum atomic E-state index is -0.399. The van der Waals surface area contributed by atoms with Crippen LogP contribution in [0.2, 0.25) is 0 Å². The van der Waals surface area contributed by atoms with Gasteiger partial charge >= 0.3 is 0 Å². The van der Waals surface area contributed by atoms with E-state index in [2.05, 4.69) is 4.98 Å². The zero-order chi connectivity index (χ0) is 17.3. The Morgan fingerprint density at radius 2 is 1.88 bits per heavy atom. The first kappa shape index (κ1) is 15.4. The zero-order valence-corrected chi connectivity index (χ0v) is 13.0. The summed E-state index contributed by atoms with van der Waals surface area (Å²) >= 11 is 0. The van der Waals surface area contributed by atoms with E-state index in [1.807, 2.05) is 24.3 Å². The summed E-state index contributed by atoms with van der Waals surface area (Å²) in [6.45, 7) is 0. The van der Waals surface area contributed by atoms with Gasteiger partial charge in [-0.1, -0.05) is 24.3 Å². The molecule has 6 N–H and O–H groups in total. The molecule has 122 valence electrons. The number of rotatable bonds is 3. The molecule has 0 atom stereocenters. The number of H-pyrrole nitrogens is 1. The van der Waals surface area contributed by atoms with Gasteiger partial charge < -0.3 is 21.2 Å². The van der Waals surface area contributed by atoms with Crippen LogP contribution in [0.25, 0.3) is 10.9 Å². The Kier molecular flexibility index (Phi) is 3.83. The number of guanidine groups is 1. The van der Waals surface area contributed by atoms with Crippen LogP contribution in [0.3, 0.4) is 0 Å². The van der Waals surface area contributed by atoms with E-state index in [1.165, 1.54) is 7.05 Å². The third-order valence-electron chi connectivity index (χ3n) is 3.65. The highest BCUT2D eigenvalue weighted by atomic mass is 16.5. The second-order valence-corrected chi connectivity index (χ2v) is 5.29. The van der Waals surface area contributed by atoms with Crippen molar-refractivity contribution in [2.45, 2.75) is 0 Å². The van der Waals surface area contributed by atoms with Gasteiger partial charge in [0.25, 0.3) is 5.91 Å². The molecular formula is C17H17N5O2.